The number of aryl methyl sites for hydroxylation is 1. The Balaban J connectivity index is 0.886. The van der Waals surface area contributed by atoms with E-state index in [0.717, 1.165) is 61.0 Å². The Morgan fingerprint density at radius 2 is 1.69 bits per heavy atom. The molecule has 2 aromatic heterocycles. The third-order valence-corrected chi connectivity index (χ3v) is 13.5. The highest BCUT2D eigenvalue weighted by Gasteiger charge is 2.43. The van der Waals surface area contributed by atoms with Gasteiger partial charge in [0, 0.05) is 47.1 Å². The molecule has 3 amide bonds. The zero-order valence-electron chi connectivity index (χ0n) is 41.8. The summed E-state index contributed by atoms with van der Waals surface area (Å²) in [4.78, 5) is 52.8. The van der Waals surface area contributed by atoms with E-state index in [9.17, 15) is 19.5 Å². The number of thiazole rings is 1. The van der Waals surface area contributed by atoms with E-state index in [1.54, 1.807) is 23.3 Å². The first kappa shape index (κ1) is 52.2. The second-order valence-electron chi connectivity index (χ2n) is 18.9. The fourth-order valence-corrected chi connectivity index (χ4v) is 9.33. The molecule has 15 heteroatoms. The third-order valence-electron chi connectivity index (χ3n) is 12.6. The summed E-state index contributed by atoms with van der Waals surface area (Å²) in [7, 11) is 1.59. The van der Waals surface area contributed by atoms with E-state index in [4.69, 9.17) is 23.9 Å². The Morgan fingerprint density at radius 1 is 0.958 bits per heavy atom. The maximum absolute atomic E-state index is 14.2. The lowest BCUT2D eigenvalue weighted by Gasteiger charge is -2.36. The number of para-hydroxylation sites is 1. The van der Waals surface area contributed by atoms with Crippen molar-refractivity contribution in [3.05, 3.63) is 131 Å². The van der Waals surface area contributed by atoms with Crippen LogP contribution in [0.2, 0.25) is 0 Å². The Labute approximate surface area is 421 Å². The van der Waals surface area contributed by atoms with E-state index < -0.39 is 23.6 Å². The van der Waals surface area contributed by atoms with Gasteiger partial charge in [-0.1, -0.05) is 99.7 Å². The number of carbonyl (C=O) groups excluding carboxylic acids is 3. The van der Waals surface area contributed by atoms with E-state index in [2.05, 4.69) is 27.5 Å². The minimum absolute atomic E-state index is 0.0459. The van der Waals surface area contributed by atoms with Gasteiger partial charge in [0.1, 0.15) is 12.6 Å². The molecule has 4 N–H and O–H groups in total. The summed E-state index contributed by atoms with van der Waals surface area (Å²) in [5, 5.41) is 20.2. The van der Waals surface area contributed by atoms with Crippen LogP contribution < -0.4 is 25.4 Å². The zero-order chi connectivity index (χ0) is 50.7. The van der Waals surface area contributed by atoms with Crippen molar-refractivity contribution in [1.82, 2.24) is 25.5 Å². The average Bonchev–Trinajstić information content (AvgIpc) is 3.92. The summed E-state index contributed by atoms with van der Waals surface area (Å²) in [6, 6.07) is 24.0. The van der Waals surface area contributed by atoms with Gasteiger partial charge >= 0.3 is 0 Å². The van der Waals surface area contributed by atoms with Crippen LogP contribution >= 0.6 is 11.3 Å². The van der Waals surface area contributed by atoms with E-state index in [1.807, 2.05) is 144 Å². The quantitative estimate of drug-likeness (QED) is 0.0409. The molecule has 2 aliphatic rings. The zero-order valence-corrected chi connectivity index (χ0v) is 42.6. The van der Waals surface area contributed by atoms with Gasteiger partial charge in [-0.15, -0.1) is 11.3 Å². The normalized spacial score (nSPS) is 16.6. The Kier molecular flexibility index (Phi) is 17.6. The molecule has 1 fully saturated rings. The van der Waals surface area contributed by atoms with Gasteiger partial charge in [0.2, 0.25) is 17.7 Å². The summed E-state index contributed by atoms with van der Waals surface area (Å²) < 4.78 is 23.5. The van der Waals surface area contributed by atoms with Gasteiger partial charge in [0.25, 0.3) is 0 Å². The number of methoxy groups -OCH3 is 1. The molecule has 4 atom stereocenters. The predicted octanol–water partition coefficient (Wildman–Crippen LogP) is 8.80. The van der Waals surface area contributed by atoms with Crippen LogP contribution in [-0.2, 0) is 30.3 Å². The first-order valence-corrected chi connectivity index (χ1v) is 24.9. The van der Waals surface area contributed by atoms with E-state index >= 15 is 0 Å². The molecule has 1 saturated heterocycles. The number of aliphatic hydroxyl groups is 1. The molecule has 374 valence electrons. The van der Waals surface area contributed by atoms with Gasteiger partial charge in [0.05, 0.1) is 80.4 Å². The average molecular weight is 983 g/mol. The number of carbonyl (C=O) groups is 3. The number of β-amino-alcohol motifs (C(OH)–C–C–N with tert-alkyl or cyclic N) is 1. The summed E-state index contributed by atoms with van der Waals surface area (Å²) in [5.41, 5.74) is 10.5. The lowest BCUT2D eigenvalue weighted by atomic mass is 9.85. The molecule has 0 unspecified atom stereocenters. The highest BCUT2D eigenvalue weighted by atomic mass is 32.1. The van der Waals surface area contributed by atoms with Gasteiger partial charge in [-0.05, 0) is 73.2 Å². The number of rotatable bonds is 21. The Morgan fingerprint density at radius 3 is 2.42 bits per heavy atom. The number of ether oxygens (including phenoxy) is 4. The number of anilines is 1. The monoisotopic (exact) mass is 982 g/mol. The molecular weight excluding hydrogens is 917 g/mol. The van der Waals surface area contributed by atoms with Crippen molar-refractivity contribution in [2.75, 3.05) is 52.0 Å². The lowest BCUT2D eigenvalue weighted by molar-refractivity contribution is -0.140. The highest BCUT2D eigenvalue weighted by molar-refractivity contribution is 7.10. The van der Waals surface area contributed by atoms with Gasteiger partial charge < -0.3 is 44.9 Å². The fraction of sp³-hybridized carbons (Fsp3) is 0.375. The molecule has 0 spiro atoms. The predicted molar refractivity (Wildman–Crippen MR) is 280 cm³/mol. The standard InChI is InChI=1S/C56H66N6O8S/c1-35(15-14-20-50-38(4)57-34-71-50)36(2)58-37(3)47-30-41(63)33-62(47)55(66)54(56(5,6)7)61-51(64)23-24-68-25-26-69-27-28-70-49-29-40(21-22-48(49)67-8)43-31-46(39-16-10-9-11-17-39)60-53-42-18-12-13-19-45(42)59-52(65)32-44(43)53/h9-22,29,31,34,36,41,47,54,58,63H,3,23-28,30,32-33H2,1-2,4-8H3,(H,59,65)(H,61,64)/b20-14+,35-15+/t36-,41+,47-,54+/m0/s1. The van der Waals surface area contributed by atoms with E-state index in [1.165, 1.54) is 0 Å². The maximum Gasteiger partial charge on any atom is 0.246 e. The van der Waals surface area contributed by atoms with Crippen molar-refractivity contribution in [3.63, 3.8) is 0 Å². The van der Waals surface area contributed by atoms with Crippen LogP contribution in [0.25, 0.3) is 39.7 Å². The number of likely N-dealkylation sites (tertiary alicyclic amines) is 1. The molecule has 14 nitrogen and oxygen atoms in total. The number of benzene rings is 3. The van der Waals surface area contributed by atoms with Crippen LogP contribution in [0.5, 0.6) is 11.5 Å². The van der Waals surface area contributed by atoms with Crippen LogP contribution in [0, 0.1) is 12.3 Å². The van der Waals surface area contributed by atoms with Crippen molar-refractivity contribution < 1.29 is 38.4 Å². The number of pyridine rings is 1. The molecule has 0 bridgehead atoms. The van der Waals surface area contributed by atoms with Gasteiger partial charge in [-0.25, -0.2) is 9.97 Å². The lowest BCUT2D eigenvalue weighted by Crippen LogP contribution is -2.56. The summed E-state index contributed by atoms with van der Waals surface area (Å²) in [6.07, 6.45) is 5.89. The van der Waals surface area contributed by atoms with Crippen LogP contribution in [0.15, 0.2) is 114 Å². The van der Waals surface area contributed by atoms with Crippen molar-refractivity contribution in [2.24, 2.45) is 5.41 Å². The summed E-state index contributed by atoms with van der Waals surface area (Å²) in [5.74, 6) is 0.354. The van der Waals surface area contributed by atoms with Crippen molar-refractivity contribution >= 4 is 40.8 Å². The van der Waals surface area contributed by atoms with E-state index in [0.29, 0.717) is 23.6 Å². The molecule has 7 rings (SSSR count). The molecule has 0 radical (unpaired) electrons. The second-order valence-corrected chi connectivity index (χ2v) is 19.8. The Bertz CT molecular complexity index is 2750. The number of aliphatic hydroxyl groups excluding tert-OH is 1. The van der Waals surface area contributed by atoms with Crippen molar-refractivity contribution in [2.45, 2.75) is 85.0 Å². The summed E-state index contributed by atoms with van der Waals surface area (Å²) >= 11 is 1.59. The van der Waals surface area contributed by atoms with Crippen molar-refractivity contribution in [3.8, 4) is 45.1 Å². The summed E-state index contributed by atoms with van der Waals surface area (Å²) in [6.45, 7) is 17.3. The van der Waals surface area contributed by atoms with Crippen molar-refractivity contribution in [1.29, 1.82) is 0 Å². The minimum Gasteiger partial charge on any atom is -0.493 e. The van der Waals surface area contributed by atoms with Gasteiger partial charge in [0.15, 0.2) is 11.5 Å². The molecule has 0 aliphatic carbocycles. The van der Waals surface area contributed by atoms with Crippen LogP contribution in [0.3, 0.4) is 0 Å². The maximum atomic E-state index is 14.2. The van der Waals surface area contributed by atoms with Gasteiger partial charge in [-0.3, -0.25) is 14.4 Å². The number of nitrogens with one attached hydrogen (secondary N) is 3. The highest BCUT2D eigenvalue weighted by Crippen LogP contribution is 2.42. The molecular formula is C56H66N6O8S. The number of hydrogen-bond donors (Lipinski definition) is 4. The van der Waals surface area contributed by atoms with Crippen LogP contribution in [-0.4, -0.2) is 109 Å². The van der Waals surface area contributed by atoms with Gasteiger partial charge in [-0.2, -0.15) is 0 Å². The largest absolute Gasteiger partial charge is 0.493 e. The van der Waals surface area contributed by atoms with Crippen LogP contribution in [0.4, 0.5) is 5.69 Å². The number of nitrogens with zero attached hydrogens (tertiary/aromatic N) is 3. The molecule has 71 heavy (non-hydrogen) atoms. The SMILES string of the molecule is C=C(N[C@@H](C)/C(C)=C/C=C/c1scnc1C)[C@@H]1C[C@@H](O)CN1C(=O)[C@@H](NC(=O)CCOCCOCCOc1cc(-c2cc(-c3ccccc3)nc3c2CC(=O)Nc2ccccc2-3)ccc1OC)C(C)(C)C. The van der Waals surface area contributed by atoms with Crippen LogP contribution in [0.1, 0.15) is 63.6 Å². The number of aromatic nitrogens is 2. The molecule has 3 aromatic carbocycles. The second kappa shape index (κ2) is 24.0. The van der Waals surface area contributed by atoms with E-state index in [-0.39, 0.29) is 76.2 Å². The fourth-order valence-electron chi connectivity index (χ4n) is 8.62. The molecule has 0 saturated carbocycles. The number of hydrogen-bond acceptors (Lipinski definition) is 12. The molecule has 2 aliphatic heterocycles. The number of amides is 3. The first-order valence-electron chi connectivity index (χ1n) is 24.0. The first-order chi connectivity index (χ1) is 34.1. The smallest absolute Gasteiger partial charge is 0.246 e. The topological polar surface area (TPSA) is 173 Å². The number of fused-ring (bicyclic) bond motifs is 3. The minimum atomic E-state index is -0.844. The molecule has 4 heterocycles. The Hall–Kier alpha value is -6.65. The molecule has 5 aromatic rings. The number of allylic oxidation sites excluding steroid dienone is 2. The third kappa shape index (κ3) is 13.4.